The normalized spacial score (nSPS) is 15.4. The van der Waals surface area contributed by atoms with Crippen molar-refractivity contribution in [2.45, 2.75) is 44.6 Å². The average molecular weight is 445 g/mol. The molecule has 1 fully saturated rings. The minimum Gasteiger partial charge on any atom is -0.367 e. The Labute approximate surface area is 185 Å². The molecule has 1 amide bonds. The molecular weight excluding hydrogens is 412 g/mol. The zero-order valence-electron chi connectivity index (χ0n) is 18.4. The molecule has 2 aromatic carbocycles. The van der Waals surface area contributed by atoms with E-state index in [1.54, 1.807) is 24.3 Å². The molecule has 168 valence electrons. The van der Waals surface area contributed by atoms with E-state index >= 15 is 0 Å². The number of anilines is 2. The number of benzene rings is 2. The molecular formula is C23H32N4O3S. The number of nitrogens with zero attached hydrogens (tertiary/aromatic N) is 1. The Kier molecular flexibility index (Phi) is 7.56. The standard InChI is InChI=1S/C23H32N4O3S/c1-4-17(3)25-23(28)19-8-11-22(27-14-12-24-13-15-27)21(16-19)26-31(29,30)20-9-6-18(5-2)7-10-20/h6-11,16-17,24,26H,4-5,12-15H2,1-3H3,(H,25,28). The number of carbonyl (C=O) groups excluding carboxylic acids is 1. The van der Waals surface area contributed by atoms with E-state index in [0.717, 1.165) is 50.3 Å². The molecule has 0 radical (unpaired) electrons. The van der Waals surface area contributed by atoms with Gasteiger partial charge in [0.2, 0.25) is 0 Å². The van der Waals surface area contributed by atoms with E-state index in [1.807, 2.05) is 39.0 Å². The maximum absolute atomic E-state index is 13.1. The lowest BCUT2D eigenvalue weighted by atomic mass is 10.1. The summed E-state index contributed by atoms with van der Waals surface area (Å²) >= 11 is 0. The van der Waals surface area contributed by atoms with E-state index in [1.165, 1.54) is 0 Å². The molecule has 0 spiro atoms. The Balaban J connectivity index is 1.95. The molecule has 31 heavy (non-hydrogen) atoms. The van der Waals surface area contributed by atoms with Crippen LogP contribution in [-0.4, -0.2) is 46.5 Å². The second-order valence-electron chi connectivity index (χ2n) is 7.85. The molecule has 8 heteroatoms. The van der Waals surface area contributed by atoms with Gasteiger partial charge in [-0.2, -0.15) is 0 Å². The van der Waals surface area contributed by atoms with Crippen molar-refractivity contribution in [1.29, 1.82) is 0 Å². The topological polar surface area (TPSA) is 90.5 Å². The van der Waals surface area contributed by atoms with Gasteiger partial charge in [-0.1, -0.05) is 26.0 Å². The van der Waals surface area contributed by atoms with Gasteiger partial charge in [0.25, 0.3) is 15.9 Å². The van der Waals surface area contributed by atoms with Crippen LogP contribution in [0.4, 0.5) is 11.4 Å². The molecule has 0 saturated carbocycles. The van der Waals surface area contributed by atoms with Gasteiger partial charge < -0.3 is 15.5 Å². The molecule has 1 saturated heterocycles. The van der Waals surface area contributed by atoms with Crippen molar-refractivity contribution in [3.8, 4) is 0 Å². The number of nitrogens with one attached hydrogen (secondary N) is 3. The number of hydrogen-bond donors (Lipinski definition) is 3. The van der Waals surface area contributed by atoms with Crippen LogP contribution < -0.4 is 20.3 Å². The third-order valence-corrected chi connectivity index (χ3v) is 6.97. The van der Waals surface area contributed by atoms with Crippen molar-refractivity contribution >= 4 is 27.3 Å². The molecule has 0 aromatic heterocycles. The second kappa shape index (κ2) is 10.2. The summed E-state index contributed by atoms with van der Waals surface area (Å²) in [5.74, 6) is -0.214. The zero-order chi connectivity index (χ0) is 22.4. The van der Waals surface area contributed by atoms with E-state index in [2.05, 4.69) is 20.3 Å². The van der Waals surface area contributed by atoms with Crippen molar-refractivity contribution in [2.24, 2.45) is 0 Å². The van der Waals surface area contributed by atoms with Crippen molar-refractivity contribution in [3.63, 3.8) is 0 Å². The highest BCUT2D eigenvalue weighted by Crippen LogP contribution is 2.30. The van der Waals surface area contributed by atoms with Gasteiger partial charge in [-0.25, -0.2) is 8.42 Å². The van der Waals surface area contributed by atoms with Crippen molar-refractivity contribution in [2.75, 3.05) is 35.8 Å². The Hall–Kier alpha value is -2.58. The lowest BCUT2D eigenvalue weighted by molar-refractivity contribution is 0.0939. The number of hydrogen-bond acceptors (Lipinski definition) is 5. The van der Waals surface area contributed by atoms with E-state index in [0.29, 0.717) is 11.3 Å². The highest BCUT2D eigenvalue weighted by atomic mass is 32.2. The predicted molar refractivity (Wildman–Crippen MR) is 125 cm³/mol. The Morgan fingerprint density at radius 1 is 1.10 bits per heavy atom. The summed E-state index contributed by atoms with van der Waals surface area (Å²) in [4.78, 5) is 15.0. The Bertz CT molecular complexity index is 1000. The van der Waals surface area contributed by atoms with E-state index < -0.39 is 10.0 Å². The van der Waals surface area contributed by atoms with Gasteiger partial charge in [-0.15, -0.1) is 0 Å². The molecule has 1 aliphatic heterocycles. The number of carbonyl (C=O) groups is 1. The van der Waals surface area contributed by atoms with Gasteiger partial charge in [0.15, 0.2) is 0 Å². The van der Waals surface area contributed by atoms with Crippen LogP contribution in [0.1, 0.15) is 43.1 Å². The fraction of sp³-hybridized carbons (Fsp3) is 0.435. The first-order valence-corrected chi connectivity index (χ1v) is 12.3. The largest absolute Gasteiger partial charge is 0.367 e. The van der Waals surface area contributed by atoms with Crippen LogP contribution in [0.25, 0.3) is 0 Å². The minimum atomic E-state index is -3.79. The van der Waals surface area contributed by atoms with Crippen molar-refractivity contribution in [3.05, 3.63) is 53.6 Å². The third kappa shape index (κ3) is 5.77. The lowest BCUT2D eigenvalue weighted by Crippen LogP contribution is -2.43. The molecule has 1 heterocycles. The van der Waals surface area contributed by atoms with E-state index in [-0.39, 0.29) is 16.8 Å². The number of sulfonamides is 1. The van der Waals surface area contributed by atoms with E-state index in [9.17, 15) is 13.2 Å². The molecule has 0 aliphatic carbocycles. The van der Waals surface area contributed by atoms with Gasteiger partial charge in [0.1, 0.15) is 0 Å². The summed E-state index contributed by atoms with van der Waals surface area (Å²) in [5, 5.41) is 6.24. The molecule has 1 aliphatic rings. The quantitative estimate of drug-likeness (QED) is 0.582. The highest BCUT2D eigenvalue weighted by Gasteiger charge is 2.21. The lowest BCUT2D eigenvalue weighted by Gasteiger charge is -2.31. The first-order chi connectivity index (χ1) is 14.8. The number of piperazine rings is 1. The van der Waals surface area contributed by atoms with Gasteiger partial charge in [0, 0.05) is 37.8 Å². The van der Waals surface area contributed by atoms with Crippen molar-refractivity contribution in [1.82, 2.24) is 10.6 Å². The van der Waals surface area contributed by atoms with Crippen molar-refractivity contribution < 1.29 is 13.2 Å². The van der Waals surface area contributed by atoms with Crippen LogP contribution in [-0.2, 0) is 16.4 Å². The van der Waals surface area contributed by atoms with Gasteiger partial charge in [0.05, 0.1) is 16.3 Å². The molecule has 1 atom stereocenters. The molecule has 3 N–H and O–H groups in total. The maximum atomic E-state index is 13.1. The summed E-state index contributed by atoms with van der Waals surface area (Å²) in [6.07, 6.45) is 1.66. The summed E-state index contributed by atoms with van der Waals surface area (Å²) in [6, 6.07) is 12.1. The molecule has 2 aromatic rings. The summed E-state index contributed by atoms with van der Waals surface area (Å²) < 4.78 is 28.9. The zero-order valence-corrected chi connectivity index (χ0v) is 19.3. The monoisotopic (exact) mass is 444 g/mol. The third-order valence-electron chi connectivity index (χ3n) is 5.59. The van der Waals surface area contributed by atoms with Gasteiger partial charge >= 0.3 is 0 Å². The van der Waals surface area contributed by atoms with Crippen LogP contribution in [0.2, 0.25) is 0 Å². The van der Waals surface area contributed by atoms with Crippen LogP contribution >= 0.6 is 0 Å². The Morgan fingerprint density at radius 2 is 1.77 bits per heavy atom. The molecule has 0 bridgehead atoms. The first-order valence-electron chi connectivity index (χ1n) is 10.9. The predicted octanol–water partition coefficient (Wildman–Crippen LogP) is 2.99. The number of amides is 1. The van der Waals surface area contributed by atoms with Gasteiger partial charge in [-0.3, -0.25) is 9.52 Å². The molecule has 7 nitrogen and oxygen atoms in total. The smallest absolute Gasteiger partial charge is 0.261 e. The van der Waals surface area contributed by atoms with Gasteiger partial charge in [-0.05, 0) is 55.7 Å². The summed E-state index contributed by atoms with van der Waals surface area (Å²) in [5.41, 5.74) is 2.69. The second-order valence-corrected chi connectivity index (χ2v) is 9.54. The SMILES string of the molecule is CCc1ccc(S(=O)(=O)Nc2cc(C(=O)NC(C)CC)ccc2N2CCNCC2)cc1. The average Bonchev–Trinajstić information content (AvgIpc) is 2.79. The fourth-order valence-corrected chi connectivity index (χ4v) is 4.52. The summed E-state index contributed by atoms with van der Waals surface area (Å²) in [7, 11) is -3.79. The fourth-order valence-electron chi connectivity index (χ4n) is 3.46. The number of aryl methyl sites for hydroxylation is 1. The molecule has 1 unspecified atom stereocenters. The highest BCUT2D eigenvalue weighted by molar-refractivity contribution is 7.92. The minimum absolute atomic E-state index is 0.0394. The van der Waals surface area contributed by atoms with Crippen LogP contribution in [0.3, 0.4) is 0 Å². The van der Waals surface area contributed by atoms with Crippen LogP contribution in [0.5, 0.6) is 0 Å². The van der Waals surface area contributed by atoms with Crippen LogP contribution in [0.15, 0.2) is 47.4 Å². The maximum Gasteiger partial charge on any atom is 0.261 e. The van der Waals surface area contributed by atoms with Crippen LogP contribution in [0, 0.1) is 0 Å². The van der Waals surface area contributed by atoms with E-state index in [4.69, 9.17) is 0 Å². The first kappa shape index (κ1) is 23.1. The summed E-state index contributed by atoms with van der Waals surface area (Å²) in [6.45, 7) is 9.13. The molecule has 3 rings (SSSR count). The number of rotatable bonds is 8. The Morgan fingerprint density at radius 3 is 2.39 bits per heavy atom.